The molecule has 0 aliphatic carbocycles. The molecule has 0 aliphatic heterocycles. The molecule has 80 valence electrons. The van der Waals surface area contributed by atoms with Crippen LogP contribution in [0.3, 0.4) is 0 Å². The molecule has 0 bridgehead atoms. The second kappa shape index (κ2) is 3.87. The van der Waals surface area contributed by atoms with Crippen molar-refractivity contribution in [3.63, 3.8) is 0 Å². The summed E-state index contributed by atoms with van der Waals surface area (Å²) in [5.74, 6) is 0. The number of thiazole rings is 1. The Morgan fingerprint density at radius 1 is 1.53 bits per heavy atom. The average Bonchev–Trinajstić information content (AvgIpc) is 2.61. The van der Waals surface area contributed by atoms with E-state index in [9.17, 15) is 0 Å². The summed E-state index contributed by atoms with van der Waals surface area (Å²) in [7, 11) is 0. The molecular weight excluding hydrogens is 206 g/mol. The maximum absolute atomic E-state index is 6.24. The summed E-state index contributed by atoms with van der Waals surface area (Å²) in [4.78, 5) is 8.59. The Bertz CT molecular complexity index is 429. The Kier molecular flexibility index (Phi) is 2.71. The SMILES string of the molecule is CCCC(C)(N)c1nc2cnccc2s1. The molecule has 2 aromatic heterocycles. The van der Waals surface area contributed by atoms with Gasteiger partial charge in [0.1, 0.15) is 5.01 Å². The first kappa shape index (κ1) is 10.5. The quantitative estimate of drug-likeness (QED) is 0.867. The predicted molar refractivity (Wildman–Crippen MR) is 63.9 cm³/mol. The van der Waals surface area contributed by atoms with Gasteiger partial charge in [-0.3, -0.25) is 4.98 Å². The summed E-state index contributed by atoms with van der Waals surface area (Å²) >= 11 is 1.67. The molecule has 2 rings (SSSR count). The molecule has 0 saturated carbocycles. The lowest BCUT2D eigenvalue weighted by atomic mass is 9.99. The van der Waals surface area contributed by atoms with Crippen molar-refractivity contribution in [2.24, 2.45) is 5.73 Å². The van der Waals surface area contributed by atoms with Crippen molar-refractivity contribution >= 4 is 21.6 Å². The summed E-state index contributed by atoms with van der Waals surface area (Å²) in [5.41, 5.74) is 6.88. The maximum Gasteiger partial charge on any atom is 0.114 e. The van der Waals surface area contributed by atoms with E-state index >= 15 is 0 Å². The van der Waals surface area contributed by atoms with Gasteiger partial charge in [0.2, 0.25) is 0 Å². The van der Waals surface area contributed by atoms with Gasteiger partial charge in [0.15, 0.2) is 0 Å². The standard InChI is InChI=1S/C11H15N3S/c1-3-5-11(2,12)10-14-8-7-13-6-4-9(8)15-10/h4,6-7H,3,5,12H2,1-2H3. The second-order valence-corrected chi connectivity index (χ2v) is 5.06. The number of nitrogens with zero attached hydrogens (tertiary/aromatic N) is 2. The third-order valence-electron chi connectivity index (χ3n) is 2.45. The monoisotopic (exact) mass is 221 g/mol. The minimum absolute atomic E-state index is 0.307. The van der Waals surface area contributed by atoms with Crippen LogP contribution in [0.1, 0.15) is 31.7 Å². The topological polar surface area (TPSA) is 51.8 Å². The van der Waals surface area contributed by atoms with Crippen LogP contribution in [0.4, 0.5) is 0 Å². The normalized spacial score (nSPS) is 15.4. The summed E-state index contributed by atoms with van der Waals surface area (Å²) in [6, 6.07) is 1.98. The highest BCUT2D eigenvalue weighted by atomic mass is 32.1. The van der Waals surface area contributed by atoms with Crippen LogP contribution in [-0.4, -0.2) is 9.97 Å². The Labute approximate surface area is 93.4 Å². The largest absolute Gasteiger partial charge is 0.320 e. The predicted octanol–water partition coefficient (Wildman–Crippen LogP) is 2.67. The Balaban J connectivity index is 2.44. The number of pyridine rings is 1. The Morgan fingerprint density at radius 2 is 2.33 bits per heavy atom. The van der Waals surface area contributed by atoms with E-state index in [-0.39, 0.29) is 5.54 Å². The van der Waals surface area contributed by atoms with Crippen LogP contribution < -0.4 is 5.73 Å². The third kappa shape index (κ3) is 2.01. The minimum Gasteiger partial charge on any atom is -0.320 e. The van der Waals surface area contributed by atoms with Gasteiger partial charge in [-0.1, -0.05) is 13.3 Å². The molecule has 1 unspecified atom stereocenters. The number of aromatic nitrogens is 2. The van der Waals surface area contributed by atoms with Crippen molar-refractivity contribution in [1.82, 2.24) is 9.97 Å². The molecular formula is C11H15N3S. The molecule has 0 spiro atoms. The van der Waals surface area contributed by atoms with Gasteiger partial charge in [0.05, 0.1) is 22.0 Å². The molecule has 0 amide bonds. The summed E-state index contributed by atoms with van der Waals surface area (Å²) < 4.78 is 1.16. The highest BCUT2D eigenvalue weighted by Crippen LogP contribution is 2.30. The van der Waals surface area contributed by atoms with Crippen LogP contribution in [0.25, 0.3) is 10.2 Å². The molecule has 15 heavy (non-hydrogen) atoms. The lowest BCUT2D eigenvalue weighted by Gasteiger charge is -2.20. The number of rotatable bonds is 3. The molecule has 1 atom stereocenters. The van der Waals surface area contributed by atoms with Gasteiger partial charge in [0, 0.05) is 6.20 Å². The molecule has 0 saturated heterocycles. The number of nitrogens with two attached hydrogens (primary N) is 1. The zero-order valence-electron chi connectivity index (χ0n) is 9.03. The summed E-state index contributed by atoms with van der Waals surface area (Å²) in [5, 5.41) is 1.01. The minimum atomic E-state index is -0.307. The van der Waals surface area contributed by atoms with E-state index < -0.39 is 0 Å². The maximum atomic E-state index is 6.24. The highest BCUT2D eigenvalue weighted by molar-refractivity contribution is 7.18. The molecule has 0 radical (unpaired) electrons. The molecule has 0 fully saturated rings. The smallest absolute Gasteiger partial charge is 0.114 e. The van der Waals surface area contributed by atoms with Gasteiger partial charge in [-0.05, 0) is 19.4 Å². The van der Waals surface area contributed by atoms with Crippen molar-refractivity contribution in [2.45, 2.75) is 32.2 Å². The van der Waals surface area contributed by atoms with Gasteiger partial charge in [-0.2, -0.15) is 0 Å². The highest BCUT2D eigenvalue weighted by Gasteiger charge is 2.24. The van der Waals surface area contributed by atoms with E-state index in [1.54, 1.807) is 23.7 Å². The molecule has 3 nitrogen and oxygen atoms in total. The molecule has 2 heterocycles. The number of hydrogen-bond acceptors (Lipinski definition) is 4. The van der Waals surface area contributed by atoms with Crippen LogP contribution >= 0.6 is 11.3 Å². The van der Waals surface area contributed by atoms with Crippen LogP contribution in [0.2, 0.25) is 0 Å². The molecule has 0 aromatic carbocycles. The number of hydrogen-bond donors (Lipinski definition) is 1. The van der Waals surface area contributed by atoms with E-state index in [2.05, 4.69) is 16.9 Å². The van der Waals surface area contributed by atoms with Crippen molar-refractivity contribution in [1.29, 1.82) is 0 Å². The summed E-state index contributed by atoms with van der Waals surface area (Å²) in [6.07, 6.45) is 5.61. The van der Waals surface area contributed by atoms with E-state index in [1.807, 2.05) is 13.0 Å². The fourth-order valence-electron chi connectivity index (χ4n) is 1.65. The average molecular weight is 221 g/mol. The fourth-order valence-corrected chi connectivity index (χ4v) is 2.67. The molecule has 2 N–H and O–H groups in total. The fraction of sp³-hybridized carbons (Fsp3) is 0.455. The first-order chi connectivity index (χ1) is 7.13. The van der Waals surface area contributed by atoms with Crippen molar-refractivity contribution in [2.75, 3.05) is 0 Å². The number of fused-ring (bicyclic) bond motifs is 1. The third-order valence-corrected chi connectivity index (χ3v) is 3.76. The van der Waals surface area contributed by atoms with E-state index in [4.69, 9.17) is 5.73 Å². The molecule has 2 aromatic rings. The van der Waals surface area contributed by atoms with Crippen molar-refractivity contribution < 1.29 is 0 Å². The lowest BCUT2D eigenvalue weighted by Crippen LogP contribution is -2.32. The van der Waals surface area contributed by atoms with Crippen LogP contribution in [0.15, 0.2) is 18.5 Å². The van der Waals surface area contributed by atoms with Crippen molar-refractivity contribution in [3.8, 4) is 0 Å². The van der Waals surface area contributed by atoms with Gasteiger partial charge < -0.3 is 5.73 Å². The molecule has 0 aliphatic rings. The Hall–Kier alpha value is -1.00. The molecule has 4 heteroatoms. The zero-order valence-corrected chi connectivity index (χ0v) is 9.84. The Morgan fingerprint density at radius 3 is 3.00 bits per heavy atom. The van der Waals surface area contributed by atoms with Crippen LogP contribution in [0, 0.1) is 0 Å². The van der Waals surface area contributed by atoms with Gasteiger partial charge in [0.25, 0.3) is 0 Å². The second-order valence-electron chi connectivity index (χ2n) is 4.03. The van der Waals surface area contributed by atoms with Crippen LogP contribution in [0.5, 0.6) is 0 Å². The summed E-state index contributed by atoms with van der Waals surface area (Å²) in [6.45, 7) is 4.18. The van der Waals surface area contributed by atoms with Gasteiger partial charge in [-0.15, -0.1) is 11.3 Å². The van der Waals surface area contributed by atoms with E-state index in [0.29, 0.717) is 0 Å². The van der Waals surface area contributed by atoms with E-state index in [0.717, 1.165) is 28.1 Å². The first-order valence-electron chi connectivity index (χ1n) is 5.13. The first-order valence-corrected chi connectivity index (χ1v) is 5.95. The lowest BCUT2D eigenvalue weighted by molar-refractivity contribution is 0.445. The van der Waals surface area contributed by atoms with Crippen LogP contribution in [-0.2, 0) is 5.54 Å². The van der Waals surface area contributed by atoms with Gasteiger partial charge in [-0.25, -0.2) is 4.98 Å². The zero-order chi connectivity index (χ0) is 10.9. The van der Waals surface area contributed by atoms with E-state index in [1.165, 1.54) is 0 Å². The van der Waals surface area contributed by atoms with Crippen molar-refractivity contribution in [3.05, 3.63) is 23.5 Å². The van der Waals surface area contributed by atoms with Gasteiger partial charge >= 0.3 is 0 Å².